The van der Waals surface area contributed by atoms with Crippen molar-refractivity contribution in [2.45, 2.75) is 32.6 Å². The lowest BCUT2D eigenvalue weighted by Crippen LogP contribution is -2.47. The number of anilines is 2. The van der Waals surface area contributed by atoms with Gasteiger partial charge in [-0.3, -0.25) is 14.5 Å². The highest BCUT2D eigenvalue weighted by molar-refractivity contribution is 7.92. The molecule has 0 atom stereocenters. The predicted octanol–water partition coefficient (Wildman–Crippen LogP) is 3.79. The summed E-state index contributed by atoms with van der Waals surface area (Å²) >= 11 is 0. The van der Waals surface area contributed by atoms with E-state index in [0.29, 0.717) is 11.3 Å². The fourth-order valence-corrected chi connectivity index (χ4v) is 6.64. The summed E-state index contributed by atoms with van der Waals surface area (Å²) in [6.45, 7) is 5.18. The molecule has 1 amide bonds. The Morgan fingerprint density at radius 1 is 1.10 bits per heavy atom. The fraction of sp³-hybridized carbons (Fsp3) is 0.364. The molecule has 2 aromatic rings. The van der Waals surface area contributed by atoms with Crippen LogP contribution in [-0.2, 0) is 20.0 Å². The van der Waals surface area contributed by atoms with Gasteiger partial charge in [0.1, 0.15) is 5.82 Å². The molecule has 2 aromatic carbocycles. The number of hydrogen-bond acceptors (Lipinski definition) is 4. The van der Waals surface area contributed by atoms with Gasteiger partial charge in [-0.25, -0.2) is 12.8 Å². The first-order valence-electron chi connectivity index (χ1n) is 9.41. The highest BCUT2D eigenvalue weighted by Crippen LogP contribution is 2.47. The van der Waals surface area contributed by atoms with E-state index < -0.39 is 26.5 Å². The van der Waals surface area contributed by atoms with E-state index in [-0.39, 0.29) is 40.9 Å². The van der Waals surface area contributed by atoms with Crippen molar-refractivity contribution >= 4 is 32.9 Å². The van der Waals surface area contributed by atoms with Crippen LogP contribution < -0.4 is 4.90 Å². The topological polar surface area (TPSA) is 71.5 Å². The number of halogens is 1. The lowest BCUT2D eigenvalue weighted by molar-refractivity contribution is -0.121. The van der Waals surface area contributed by atoms with E-state index >= 15 is 4.39 Å². The average Bonchev–Trinajstić information content (AvgIpc) is 2.81. The Hall–Kier alpha value is -2.54. The van der Waals surface area contributed by atoms with Gasteiger partial charge in [0.25, 0.3) is 0 Å². The van der Waals surface area contributed by atoms with Crippen molar-refractivity contribution in [3.63, 3.8) is 0 Å². The van der Waals surface area contributed by atoms with Gasteiger partial charge in [0.15, 0.2) is 15.6 Å². The molecular formula is C22H22FNO4S. The van der Waals surface area contributed by atoms with Crippen LogP contribution in [0.4, 0.5) is 15.8 Å². The minimum Gasteiger partial charge on any atom is -0.294 e. The van der Waals surface area contributed by atoms with Crippen molar-refractivity contribution in [2.75, 3.05) is 16.4 Å². The molecular weight excluding hydrogens is 393 g/mol. The lowest BCUT2D eigenvalue weighted by atomic mass is 9.82. The van der Waals surface area contributed by atoms with E-state index in [2.05, 4.69) is 0 Å². The average molecular weight is 415 g/mol. The number of sulfone groups is 1. The summed E-state index contributed by atoms with van der Waals surface area (Å²) < 4.78 is 38.2. The summed E-state index contributed by atoms with van der Waals surface area (Å²) in [4.78, 5) is 27.2. The van der Waals surface area contributed by atoms with Gasteiger partial charge in [-0.2, -0.15) is 0 Å². The Balaban J connectivity index is 1.74. The summed E-state index contributed by atoms with van der Waals surface area (Å²) in [6, 6.07) is 11.6. The number of carbonyl (C=O) groups excluding carboxylic acids is 2. The van der Waals surface area contributed by atoms with Gasteiger partial charge < -0.3 is 0 Å². The van der Waals surface area contributed by atoms with Crippen LogP contribution in [0.1, 0.15) is 43.1 Å². The van der Waals surface area contributed by atoms with E-state index in [0.717, 1.165) is 6.07 Å². The van der Waals surface area contributed by atoms with Gasteiger partial charge in [0, 0.05) is 23.1 Å². The second-order valence-corrected chi connectivity index (χ2v) is 11.0. The van der Waals surface area contributed by atoms with Gasteiger partial charge in [0.05, 0.1) is 22.6 Å². The van der Waals surface area contributed by atoms with E-state index in [1.54, 1.807) is 51.1 Å². The minimum absolute atomic E-state index is 0.0290. The second-order valence-electron chi connectivity index (χ2n) is 8.90. The highest BCUT2D eigenvalue weighted by Gasteiger charge is 2.48. The fourth-order valence-electron chi connectivity index (χ4n) is 4.39. The summed E-state index contributed by atoms with van der Waals surface area (Å²) in [5.41, 5.74) is -0.253. The van der Waals surface area contributed by atoms with Crippen LogP contribution in [0.25, 0.3) is 0 Å². The lowest BCUT2D eigenvalue weighted by Gasteiger charge is -2.37. The third-order valence-corrected chi connectivity index (χ3v) is 8.03. The van der Waals surface area contributed by atoms with Crippen molar-refractivity contribution < 1.29 is 22.4 Å². The molecule has 0 spiro atoms. The van der Waals surface area contributed by atoms with Gasteiger partial charge >= 0.3 is 0 Å². The third-order valence-electron chi connectivity index (χ3n) is 5.76. The SMILES string of the molecule is CC1(CC(=O)c2cc(F)c3c(c2)C(C)(C)C(=O)N3c2ccccc2)CS(=O)(=O)C1. The number of amides is 1. The van der Waals surface area contributed by atoms with Crippen molar-refractivity contribution in [3.05, 3.63) is 59.4 Å². The van der Waals surface area contributed by atoms with Crippen LogP contribution in [-0.4, -0.2) is 31.6 Å². The Morgan fingerprint density at radius 2 is 1.72 bits per heavy atom. The second kappa shape index (κ2) is 6.23. The number of rotatable bonds is 4. The summed E-state index contributed by atoms with van der Waals surface area (Å²) in [5, 5.41) is 0. The summed E-state index contributed by atoms with van der Waals surface area (Å²) in [6.07, 6.45) is 0.0290. The number of Topliss-reactive ketones (excluding diaryl/α,β-unsaturated/α-hetero) is 1. The molecule has 2 heterocycles. The first-order valence-corrected chi connectivity index (χ1v) is 11.2. The summed E-state index contributed by atoms with van der Waals surface area (Å²) in [5.74, 6) is -1.29. The Morgan fingerprint density at radius 3 is 2.31 bits per heavy atom. The van der Waals surface area contributed by atoms with Crippen LogP contribution >= 0.6 is 0 Å². The smallest absolute Gasteiger partial charge is 0.241 e. The first-order chi connectivity index (χ1) is 13.4. The number of hydrogen-bond donors (Lipinski definition) is 0. The van der Waals surface area contributed by atoms with E-state index in [4.69, 9.17) is 0 Å². The molecule has 4 rings (SSSR count). The Labute approximate surface area is 169 Å². The normalized spacial score (nSPS) is 20.8. The van der Waals surface area contributed by atoms with Gasteiger partial charge in [-0.05, 0) is 43.7 Å². The zero-order valence-electron chi connectivity index (χ0n) is 16.5. The molecule has 1 saturated heterocycles. The standard InChI is InChI=1S/C22H22FNO4S/c1-21(2)16-9-14(18(25)11-22(3)12-29(27,28)13-22)10-17(23)19(16)24(20(21)26)15-7-5-4-6-8-15/h4-10H,11-13H2,1-3H3. The molecule has 0 aromatic heterocycles. The molecule has 0 N–H and O–H groups in total. The molecule has 0 aliphatic carbocycles. The van der Waals surface area contributed by atoms with Crippen LogP contribution in [0.2, 0.25) is 0 Å². The molecule has 1 fully saturated rings. The molecule has 29 heavy (non-hydrogen) atoms. The molecule has 0 unspecified atom stereocenters. The van der Waals surface area contributed by atoms with E-state index in [9.17, 15) is 18.0 Å². The van der Waals surface area contributed by atoms with Crippen LogP contribution in [0.5, 0.6) is 0 Å². The van der Waals surface area contributed by atoms with Crippen LogP contribution in [0, 0.1) is 11.2 Å². The maximum atomic E-state index is 15.2. The maximum absolute atomic E-state index is 15.2. The number of para-hydroxylation sites is 1. The Bertz CT molecular complexity index is 1130. The first kappa shape index (κ1) is 19.8. The predicted molar refractivity (Wildman–Crippen MR) is 109 cm³/mol. The molecule has 7 heteroatoms. The quantitative estimate of drug-likeness (QED) is 0.713. The van der Waals surface area contributed by atoms with E-state index in [1.165, 1.54) is 4.90 Å². The maximum Gasteiger partial charge on any atom is 0.241 e. The van der Waals surface area contributed by atoms with Crippen LogP contribution in [0.3, 0.4) is 0 Å². The van der Waals surface area contributed by atoms with Crippen molar-refractivity contribution in [1.82, 2.24) is 0 Å². The van der Waals surface area contributed by atoms with Gasteiger partial charge in [0.2, 0.25) is 5.91 Å². The number of benzene rings is 2. The van der Waals surface area contributed by atoms with Crippen molar-refractivity contribution in [2.24, 2.45) is 5.41 Å². The minimum atomic E-state index is -3.08. The largest absolute Gasteiger partial charge is 0.294 e. The molecule has 2 aliphatic heterocycles. The number of nitrogens with zero attached hydrogens (tertiary/aromatic N) is 1. The van der Waals surface area contributed by atoms with E-state index in [1.807, 2.05) is 6.07 Å². The highest BCUT2D eigenvalue weighted by atomic mass is 32.2. The zero-order chi connectivity index (χ0) is 21.2. The third kappa shape index (κ3) is 3.17. The molecule has 2 aliphatic rings. The Kier molecular flexibility index (Phi) is 4.24. The number of carbonyl (C=O) groups is 2. The molecule has 0 saturated carbocycles. The molecule has 152 valence electrons. The van der Waals surface area contributed by atoms with Gasteiger partial charge in [-0.15, -0.1) is 0 Å². The van der Waals surface area contributed by atoms with Crippen LogP contribution in [0.15, 0.2) is 42.5 Å². The van der Waals surface area contributed by atoms with Crippen molar-refractivity contribution in [3.8, 4) is 0 Å². The number of ketones is 1. The number of fused-ring (bicyclic) bond motifs is 1. The van der Waals surface area contributed by atoms with Crippen molar-refractivity contribution in [1.29, 1.82) is 0 Å². The monoisotopic (exact) mass is 415 g/mol. The summed E-state index contributed by atoms with van der Waals surface area (Å²) in [7, 11) is -3.08. The zero-order valence-corrected chi connectivity index (χ0v) is 17.3. The molecule has 5 nitrogen and oxygen atoms in total. The van der Waals surface area contributed by atoms with Gasteiger partial charge in [-0.1, -0.05) is 25.1 Å². The molecule has 0 bridgehead atoms. The molecule has 0 radical (unpaired) electrons.